The lowest BCUT2D eigenvalue weighted by Gasteiger charge is -2.31. The number of methoxy groups -OCH3 is 2. The van der Waals surface area contributed by atoms with Crippen LogP contribution in [0.2, 0.25) is 0 Å². The van der Waals surface area contributed by atoms with Crippen molar-refractivity contribution in [1.29, 1.82) is 0 Å². The molecule has 0 amide bonds. The lowest BCUT2D eigenvalue weighted by molar-refractivity contribution is -0.213. The smallest absolute Gasteiger partial charge is 0.189 e. The minimum absolute atomic E-state index is 0.660. The van der Waals surface area contributed by atoms with E-state index < -0.39 is 11.9 Å². The predicted molar refractivity (Wildman–Crippen MR) is 63.0 cm³/mol. The Morgan fingerprint density at radius 1 is 1.35 bits per heavy atom. The number of benzene rings is 1. The van der Waals surface area contributed by atoms with E-state index in [9.17, 15) is 5.11 Å². The average Bonchev–Trinajstić information content (AvgIpc) is 2.77. The lowest BCUT2D eigenvalue weighted by atomic mass is 9.92. The average molecular weight is 238 g/mol. The first kappa shape index (κ1) is 12.4. The van der Waals surface area contributed by atoms with Crippen LogP contribution in [0.4, 0.5) is 0 Å². The van der Waals surface area contributed by atoms with Gasteiger partial charge in [-0.2, -0.15) is 0 Å². The van der Waals surface area contributed by atoms with Gasteiger partial charge in [0.05, 0.1) is 6.61 Å². The van der Waals surface area contributed by atoms with Crippen LogP contribution in [0.25, 0.3) is 0 Å². The summed E-state index contributed by atoms with van der Waals surface area (Å²) in [5.74, 6) is 0.761. The summed E-state index contributed by atoms with van der Waals surface area (Å²) in [6, 6.07) is 5.77. The van der Waals surface area contributed by atoms with Gasteiger partial charge in [0, 0.05) is 26.2 Å². The fraction of sp³-hybridized carbons (Fsp3) is 0.538. The number of aliphatic hydroxyl groups is 1. The molecule has 4 nitrogen and oxygen atoms in total. The Hall–Kier alpha value is -1.10. The molecule has 0 radical (unpaired) electrons. The molecule has 4 heteroatoms. The highest BCUT2D eigenvalue weighted by molar-refractivity contribution is 5.47. The molecule has 1 aliphatic heterocycles. The number of ether oxygens (including phenoxy) is 3. The molecule has 17 heavy (non-hydrogen) atoms. The van der Waals surface area contributed by atoms with Crippen LogP contribution >= 0.6 is 0 Å². The Kier molecular flexibility index (Phi) is 3.38. The summed E-state index contributed by atoms with van der Waals surface area (Å²) in [6.45, 7) is 2.33. The maximum Gasteiger partial charge on any atom is 0.189 e. The van der Waals surface area contributed by atoms with Gasteiger partial charge >= 0.3 is 0 Å². The molecule has 1 unspecified atom stereocenters. The summed E-state index contributed by atoms with van der Waals surface area (Å²) in [5, 5.41) is 10.6. The Labute approximate surface area is 101 Å². The van der Waals surface area contributed by atoms with Crippen LogP contribution < -0.4 is 4.74 Å². The van der Waals surface area contributed by atoms with E-state index in [1.807, 2.05) is 18.2 Å². The van der Waals surface area contributed by atoms with Crippen molar-refractivity contribution < 1.29 is 19.3 Å². The summed E-state index contributed by atoms with van der Waals surface area (Å²) in [5.41, 5.74) is 0.592. The molecule has 94 valence electrons. The van der Waals surface area contributed by atoms with Crippen molar-refractivity contribution in [3.05, 3.63) is 29.3 Å². The van der Waals surface area contributed by atoms with Gasteiger partial charge in [-0.15, -0.1) is 0 Å². The fourth-order valence-corrected chi connectivity index (χ4v) is 2.30. The van der Waals surface area contributed by atoms with Crippen LogP contribution in [-0.2, 0) is 21.5 Å². The van der Waals surface area contributed by atoms with Crippen molar-refractivity contribution in [1.82, 2.24) is 0 Å². The highest BCUT2D eigenvalue weighted by Gasteiger charge is 2.38. The third-order valence-corrected chi connectivity index (χ3v) is 3.15. The second-order valence-electron chi connectivity index (χ2n) is 4.34. The minimum atomic E-state index is -1.24. The van der Waals surface area contributed by atoms with E-state index in [0.29, 0.717) is 12.2 Å². The first-order valence-electron chi connectivity index (χ1n) is 5.64. The van der Waals surface area contributed by atoms with Crippen LogP contribution in [-0.4, -0.2) is 32.2 Å². The van der Waals surface area contributed by atoms with Gasteiger partial charge < -0.3 is 19.3 Å². The Balaban J connectivity index is 2.42. The molecule has 1 heterocycles. The van der Waals surface area contributed by atoms with Crippen LogP contribution in [0, 0.1) is 0 Å². The van der Waals surface area contributed by atoms with E-state index >= 15 is 0 Å². The highest BCUT2D eigenvalue weighted by Crippen LogP contribution is 2.38. The van der Waals surface area contributed by atoms with E-state index in [1.54, 1.807) is 6.92 Å². The molecule has 0 bridgehead atoms. The summed E-state index contributed by atoms with van der Waals surface area (Å²) in [4.78, 5) is 0. The van der Waals surface area contributed by atoms with Gasteiger partial charge in [0.2, 0.25) is 0 Å². The molecule has 0 fully saturated rings. The van der Waals surface area contributed by atoms with Gasteiger partial charge in [0.25, 0.3) is 0 Å². The zero-order chi connectivity index (χ0) is 12.5. The van der Waals surface area contributed by atoms with Crippen molar-refractivity contribution in [2.75, 3.05) is 20.8 Å². The molecule has 1 N–H and O–H groups in total. The van der Waals surface area contributed by atoms with Gasteiger partial charge in [-0.1, -0.05) is 18.2 Å². The molecule has 1 aliphatic rings. The monoisotopic (exact) mass is 238 g/mol. The van der Waals surface area contributed by atoms with E-state index in [2.05, 4.69) is 0 Å². The zero-order valence-electron chi connectivity index (χ0n) is 10.4. The van der Waals surface area contributed by atoms with Crippen LogP contribution in [0.1, 0.15) is 18.1 Å². The topological polar surface area (TPSA) is 47.9 Å². The van der Waals surface area contributed by atoms with Gasteiger partial charge in [0.1, 0.15) is 11.4 Å². The van der Waals surface area contributed by atoms with Crippen molar-refractivity contribution >= 4 is 0 Å². The molecule has 2 rings (SSSR count). The number of fused-ring (bicyclic) bond motifs is 1. The molecule has 1 aromatic rings. The van der Waals surface area contributed by atoms with Crippen molar-refractivity contribution in [3.8, 4) is 5.75 Å². The highest BCUT2D eigenvalue weighted by atomic mass is 16.7. The van der Waals surface area contributed by atoms with E-state index in [0.717, 1.165) is 17.7 Å². The third kappa shape index (κ3) is 2.04. The van der Waals surface area contributed by atoms with Gasteiger partial charge in [-0.25, -0.2) is 0 Å². The SMILES string of the molecule is COC(OC)C(C)(O)c1cccc2c1OCC2. The number of rotatable bonds is 4. The minimum Gasteiger partial charge on any atom is -0.493 e. The van der Waals surface area contributed by atoms with Crippen LogP contribution in [0.3, 0.4) is 0 Å². The van der Waals surface area contributed by atoms with Gasteiger partial charge in [-0.05, 0) is 12.5 Å². The maximum atomic E-state index is 10.6. The first-order chi connectivity index (χ1) is 8.11. The maximum absolute atomic E-state index is 10.6. The molecule has 0 spiro atoms. The molecule has 1 atom stereocenters. The third-order valence-electron chi connectivity index (χ3n) is 3.15. The fourth-order valence-electron chi connectivity index (χ4n) is 2.30. The van der Waals surface area contributed by atoms with E-state index in [-0.39, 0.29) is 0 Å². The molecule has 1 aromatic carbocycles. The number of hydrogen-bond acceptors (Lipinski definition) is 4. The quantitative estimate of drug-likeness (QED) is 0.806. The molecule has 0 aromatic heterocycles. The van der Waals surface area contributed by atoms with E-state index in [4.69, 9.17) is 14.2 Å². The zero-order valence-corrected chi connectivity index (χ0v) is 10.4. The second kappa shape index (κ2) is 4.64. The van der Waals surface area contributed by atoms with Crippen molar-refractivity contribution in [2.45, 2.75) is 25.2 Å². The van der Waals surface area contributed by atoms with E-state index in [1.165, 1.54) is 14.2 Å². The number of para-hydroxylation sites is 1. The van der Waals surface area contributed by atoms with Gasteiger partial charge in [0.15, 0.2) is 6.29 Å². The molecule has 0 aliphatic carbocycles. The molecular formula is C13H18O4. The number of hydrogen-bond donors (Lipinski definition) is 1. The normalized spacial score (nSPS) is 17.7. The Morgan fingerprint density at radius 3 is 2.71 bits per heavy atom. The molecular weight excluding hydrogens is 220 g/mol. The Morgan fingerprint density at radius 2 is 2.06 bits per heavy atom. The summed E-state index contributed by atoms with van der Waals surface area (Å²) in [6.07, 6.45) is 0.155. The predicted octanol–water partition coefficient (Wildman–Crippen LogP) is 1.45. The Bertz CT molecular complexity index is 396. The van der Waals surface area contributed by atoms with Crippen LogP contribution in [0.5, 0.6) is 5.75 Å². The van der Waals surface area contributed by atoms with Crippen molar-refractivity contribution in [3.63, 3.8) is 0 Å². The molecule has 0 saturated heterocycles. The van der Waals surface area contributed by atoms with Gasteiger partial charge in [-0.3, -0.25) is 0 Å². The first-order valence-corrected chi connectivity index (χ1v) is 5.64. The molecule has 0 saturated carbocycles. The summed E-state index contributed by atoms with van der Waals surface area (Å²) >= 11 is 0. The van der Waals surface area contributed by atoms with Crippen molar-refractivity contribution in [2.24, 2.45) is 0 Å². The lowest BCUT2D eigenvalue weighted by Crippen LogP contribution is -2.39. The summed E-state index contributed by atoms with van der Waals surface area (Å²) < 4.78 is 15.9. The second-order valence-corrected chi connectivity index (χ2v) is 4.34. The van der Waals surface area contributed by atoms with Crippen LogP contribution in [0.15, 0.2) is 18.2 Å². The standard InChI is InChI=1S/C13H18O4/c1-13(14,12(15-2)16-3)10-6-4-5-9-7-8-17-11(9)10/h4-6,12,14H,7-8H2,1-3H3. The summed E-state index contributed by atoms with van der Waals surface area (Å²) in [7, 11) is 3.01. The largest absolute Gasteiger partial charge is 0.493 e.